The summed E-state index contributed by atoms with van der Waals surface area (Å²) in [5, 5.41) is 9.33. The molecule has 0 radical (unpaired) electrons. The molecule has 0 unspecified atom stereocenters. The average Bonchev–Trinajstić information content (AvgIpc) is 2.59. The zero-order valence-electron chi connectivity index (χ0n) is 12.2. The number of hydrogen-bond donors (Lipinski definition) is 2. The van der Waals surface area contributed by atoms with Crippen molar-refractivity contribution in [3.63, 3.8) is 0 Å². The predicted molar refractivity (Wildman–Crippen MR) is 88.4 cm³/mol. The van der Waals surface area contributed by atoms with Crippen molar-refractivity contribution in [2.75, 3.05) is 6.61 Å². The van der Waals surface area contributed by atoms with Gasteiger partial charge in [-0.1, -0.05) is 30.3 Å². The summed E-state index contributed by atoms with van der Waals surface area (Å²) in [6.07, 6.45) is 0. The van der Waals surface area contributed by atoms with Crippen molar-refractivity contribution in [2.45, 2.75) is 0 Å². The Morgan fingerprint density at radius 2 is 1.78 bits per heavy atom. The van der Waals surface area contributed by atoms with Crippen LogP contribution in [0.2, 0.25) is 5.02 Å². The van der Waals surface area contributed by atoms with Crippen LogP contribution in [0.1, 0.15) is 11.1 Å². The summed E-state index contributed by atoms with van der Waals surface area (Å²) in [6, 6.07) is 15.6. The van der Waals surface area contributed by atoms with E-state index in [2.05, 4.69) is 17.4 Å². The largest absolute Gasteiger partial charge is 0.484 e. The number of rotatable bonds is 6. The van der Waals surface area contributed by atoms with Gasteiger partial charge in [0.15, 0.2) is 6.61 Å². The first-order valence-electron chi connectivity index (χ1n) is 6.71. The van der Waals surface area contributed by atoms with Gasteiger partial charge in [0.1, 0.15) is 5.75 Å². The van der Waals surface area contributed by atoms with Crippen LogP contribution in [0.5, 0.6) is 5.75 Å². The van der Waals surface area contributed by atoms with Gasteiger partial charge in [-0.15, -0.1) is 0 Å². The smallest absolute Gasteiger partial charge is 0.276 e. The number of carbonyl (C=O) groups is 1. The van der Waals surface area contributed by atoms with E-state index in [-0.39, 0.29) is 12.5 Å². The second-order valence-corrected chi connectivity index (χ2v) is 5.02. The van der Waals surface area contributed by atoms with Crippen LogP contribution in [-0.4, -0.2) is 12.5 Å². The molecule has 6 heteroatoms. The third-order valence-corrected chi connectivity index (χ3v) is 3.15. The molecule has 0 aliphatic rings. The highest BCUT2D eigenvalue weighted by atomic mass is 35.5. The molecular weight excluding hydrogens is 314 g/mol. The van der Waals surface area contributed by atoms with Crippen LogP contribution in [0, 0.1) is 11.3 Å². The summed E-state index contributed by atoms with van der Waals surface area (Å²) in [4.78, 5) is 11.7. The number of carbonyl (C=O) groups excluding carboxylic acids is 1. The Morgan fingerprint density at radius 1 is 1.13 bits per heavy atom. The highest BCUT2D eigenvalue weighted by molar-refractivity contribution is 6.30. The monoisotopic (exact) mass is 327 g/mol. The number of nitrogens with one attached hydrogen (secondary N) is 2. The summed E-state index contributed by atoms with van der Waals surface area (Å²) in [7, 11) is 0. The average molecular weight is 328 g/mol. The Kier molecular flexibility index (Phi) is 5.61. The van der Waals surface area contributed by atoms with Crippen molar-refractivity contribution in [3.8, 4) is 11.8 Å². The summed E-state index contributed by atoms with van der Waals surface area (Å²) in [5.74, 6) is 0.153. The van der Waals surface area contributed by atoms with Crippen LogP contribution in [0.3, 0.4) is 0 Å². The number of benzene rings is 2. The topological polar surface area (TPSA) is 74.2 Å². The fourth-order valence-electron chi connectivity index (χ4n) is 1.68. The minimum atomic E-state index is -0.357. The number of ether oxygens (including phenoxy) is 1. The Labute approximate surface area is 139 Å². The van der Waals surface area contributed by atoms with Crippen LogP contribution >= 0.6 is 11.6 Å². The van der Waals surface area contributed by atoms with Gasteiger partial charge in [-0.3, -0.25) is 15.6 Å². The fraction of sp³-hybridized carbons (Fsp3) is 0.0588. The van der Waals surface area contributed by atoms with Crippen molar-refractivity contribution in [2.24, 2.45) is 0 Å². The standard InChI is InChI=1S/C17H14ClN3O2/c1-12(14-4-6-15(18)7-5-14)20-21-17(22)11-23-16-8-2-13(10-19)3-9-16/h2-9,20H,1,11H2,(H,21,22). The van der Waals surface area contributed by atoms with Crippen molar-refractivity contribution < 1.29 is 9.53 Å². The molecule has 0 aliphatic heterocycles. The van der Waals surface area contributed by atoms with Crippen LogP contribution in [-0.2, 0) is 4.79 Å². The molecular formula is C17H14ClN3O2. The second-order valence-electron chi connectivity index (χ2n) is 4.58. The van der Waals surface area contributed by atoms with Gasteiger partial charge in [0, 0.05) is 5.02 Å². The SMILES string of the molecule is C=C(NNC(=O)COc1ccc(C#N)cc1)c1ccc(Cl)cc1. The third kappa shape index (κ3) is 5.06. The van der Waals surface area contributed by atoms with E-state index in [1.54, 1.807) is 48.5 Å². The number of halogens is 1. The predicted octanol–water partition coefficient (Wildman–Crippen LogP) is 2.88. The molecule has 116 valence electrons. The molecule has 23 heavy (non-hydrogen) atoms. The molecule has 0 atom stereocenters. The zero-order valence-corrected chi connectivity index (χ0v) is 12.9. The van der Waals surface area contributed by atoms with Gasteiger partial charge < -0.3 is 4.74 Å². The first-order valence-corrected chi connectivity index (χ1v) is 7.09. The van der Waals surface area contributed by atoms with Gasteiger partial charge in [0.05, 0.1) is 17.3 Å². The number of nitriles is 1. The van der Waals surface area contributed by atoms with Gasteiger partial charge in [-0.25, -0.2) is 0 Å². The molecule has 5 nitrogen and oxygen atoms in total. The van der Waals surface area contributed by atoms with Crippen molar-refractivity contribution in [1.82, 2.24) is 10.9 Å². The third-order valence-electron chi connectivity index (χ3n) is 2.90. The highest BCUT2D eigenvalue weighted by Gasteiger charge is 2.04. The maximum absolute atomic E-state index is 11.7. The summed E-state index contributed by atoms with van der Waals surface area (Å²) in [6.45, 7) is 3.66. The maximum atomic E-state index is 11.7. The molecule has 0 heterocycles. The Balaban J connectivity index is 1.77. The lowest BCUT2D eigenvalue weighted by Gasteiger charge is -2.12. The summed E-state index contributed by atoms with van der Waals surface area (Å²) < 4.78 is 5.31. The quantitative estimate of drug-likeness (QED) is 0.800. The van der Waals surface area contributed by atoms with E-state index in [4.69, 9.17) is 21.6 Å². The molecule has 0 saturated heterocycles. The minimum absolute atomic E-state index is 0.160. The van der Waals surface area contributed by atoms with Crippen LogP contribution in [0.25, 0.3) is 5.70 Å². The molecule has 2 aromatic carbocycles. The van der Waals surface area contributed by atoms with Crippen molar-refractivity contribution in [1.29, 1.82) is 5.26 Å². The first-order chi connectivity index (χ1) is 11.1. The lowest BCUT2D eigenvalue weighted by atomic mass is 10.2. The molecule has 0 saturated carbocycles. The second kappa shape index (κ2) is 7.87. The Morgan fingerprint density at radius 3 is 2.39 bits per heavy atom. The van der Waals surface area contributed by atoms with E-state index in [9.17, 15) is 4.79 Å². The maximum Gasteiger partial charge on any atom is 0.276 e. The number of nitrogens with zero attached hydrogens (tertiary/aromatic N) is 1. The van der Waals surface area contributed by atoms with E-state index >= 15 is 0 Å². The molecule has 0 fully saturated rings. The molecule has 0 spiro atoms. The molecule has 2 aromatic rings. The van der Waals surface area contributed by atoms with Gasteiger partial charge in [-0.2, -0.15) is 5.26 Å². The molecule has 0 bridgehead atoms. The molecule has 2 N–H and O–H groups in total. The summed E-state index contributed by atoms with van der Waals surface area (Å²) >= 11 is 5.81. The zero-order chi connectivity index (χ0) is 16.7. The van der Waals surface area contributed by atoms with Crippen LogP contribution < -0.4 is 15.6 Å². The molecule has 1 amide bonds. The minimum Gasteiger partial charge on any atom is -0.484 e. The van der Waals surface area contributed by atoms with Crippen LogP contribution in [0.4, 0.5) is 0 Å². The normalized spacial score (nSPS) is 9.57. The summed E-state index contributed by atoms with van der Waals surface area (Å²) in [5.41, 5.74) is 7.08. The lowest BCUT2D eigenvalue weighted by Crippen LogP contribution is -2.38. The lowest BCUT2D eigenvalue weighted by molar-refractivity contribution is -0.123. The van der Waals surface area contributed by atoms with Gasteiger partial charge in [0.2, 0.25) is 0 Å². The van der Waals surface area contributed by atoms with E-state index in [1.165, 1.54) is 0 Å². The van der Waals surface area contributed by atoms with Gasteiger partial charge in [0.25, 0.3) is 5.91 Å². The first kappa shape index (κ1) is 16.4. The molecule has 0 aliphatic carbocycles. The van der Waals surface area contributed by atoms with Crippen LogP contribution in [0.15, 0.2) is 55.1 Å². The van der Waals surface area contributed by atoms with Gasteiger partial charge >= 0.3 is 0 Å². The number of amides is 1. The molecule has 0 aromatic heterocycles. The van der Waals surface area contributed by atoms with Crippen molar-refractivity contribution >= 4 is 23.2 Å². The van der Waals surface area contributed by atoms with E-state index in [1.807, 2.05) is 6.07 Å². The van der Waals surface area contributed by atoms with E-state index < -0.39 is 0 Å². The number of hydrazine groups is 1. The van der Waals surface area contributed by atoms with Crippen molar-refractivity contribution in [3.05, 3.63) is 71.3 Å². The van der Waals surface area contributed by atoms with Gasteiger partial charge in [-0.05, 0) is 42.0 Å². The number of hydrogen-bond acceptors (Lipinski definition) is 4. The molecule has 2 rings (SSSR count). The van der Waals surface area contributed by atoms with E-state index in [0.717, 1.165) is 5.56 Å². The Hall–Kier alpha value is -2.97. The highest BCUT2D eigenvalue weighted by Crippen LogP contribution is 2.14. The Bertz CT molecular complexity index is 734. The fourth-order valence-corrected chi connectivity index (χ4v) is 1.81. The van der Waals surface area contributed by atoms with E-state index in [0.29, 0.717) is 22.0 Å².